The van der Waals surface area contributed by atoms with E-state index in [0.29, 0.717) is 52.8 Å². The van der Waals surface area contributed by atoms with Crippen molar-refractivity contribution in [2.45, 2.75) is 0 Å². The van der Waals surface area contributed by atoms with Gasteiger partial charge >= 0.3 is 0 Å². The molecule has 30 rings (SSSR count). The predicted molar refractivity (Wildman–Crippen MR) is 610 cm³/mol. The smallest absolute Gasteiger partial charge is 0.238 e. The van der Waals surface area contributed by atoms with Gasteiger partial charge < -0.3 is 13.7 Å². The first-order chi connectivity index (χ1) is 74.4. The summed E-state index contributed by atoms with van der Waals surface area (Å²) in [5, 5.41) is 13.9. The molecule has 0 radical (unpaired) electrons. The van der Waals surface area contributed by atoms with Crippen molar-refractivity contribution in [2.75, 3.05) is 0 Å². The fraction of sp³-hybridized carbons (Fsp3) is 0. The number of para-hydroxylation sites is 8. The molecule has 0 saturated carbocycles. The lowest BCUT2D eigenvalue weighted by molar-refractivity contribution is 0.953. The third-order valence-electron chi connectivity index (χ3n) is 28.4. The van der Waals surface area contributed by atoms with Gasteiger partial charge in [0, 0.05) is 139 Å². The first-order valence-corrected chi connectivity index (χ1v) is 50.1. The van der Waals surface area contributed by atoms with Crippen LogP contribution in [0.5, 0.6) is 0 Å². The number of hydrogen-bond donors (Lipinski definition) is 0. The molecule has 0 unspecified atom stereocenters. The minimum absolute atomic E-state index is 0.528. The maximum absolute atomic E-state index is 5.35. The highest BCUT2D eigenvalue weighted by atomic mass is 15.2. The van der Waals surface area contributed by atoms with Crippen molar-refractivity contribution < 1.29 is 0 Å². The first-order valence-electron chi connectivity index (χ1n) is 50.1. The lowest BCUT2D eigenvalue weighted by atomic mass is 10.1. The molecule has 0 fully saturated rings. The van der Waals surface area contributed by atoms with Gasteiger partial charge in [0.25, 0.3) is 0 Å². The Morgan fingerprint density at radius 1 is 0.127 bits per heavy atom. The second kappa shape index (κ2) is 36.9. The molecule has 11 heterocycles. The Morgan fingerprint density at radius 2 is 0.367 bits per heavy atom. The van der Waals surface area contributed by atoms with Gasteiger partial charge in [0.15, 0.2) is 34.9 Å². The fourth-order valence-electron chi connectivity index (χ4n) is 21.6. The van der Waals surface area contributed by atoms with Crippen LogP contribution < -0.4 is 0 Å². The molecule has 0 bridgehead atoms. The normalized spacial score (nSPS) is 11.6. The molecule has 17 nitrogen and oxygen atoms in total. The van der Waals surface area contributed by atoms with Gasteiger partial charge in [0.1, 0.15) is 0 Å². The zero-order chi connectivity index (χ0) is 99.1. The van der Waals surface area contributed by atoms with Gasteiger partial charge in [-0.3, -0.25) is 23.7 Å². The van der Waals surface area contributed by atoms with Crippen LogP contribution in [-0.4, -0.2) is 82.2 Å². The second-order valence-corrected chi connectivity index (χ2v) is 37.2. The monoisotopic (exact) mass is 1920 g/mol. The highest BCUT2D eigenvalue weighted by Crippen LogP contribution is 2.47. The summed E-state index contributed by atoms with van der Waals surface area (Å²) in [4.78, 5) is 55.5. The van der Waals surface area contributed by atoms with Gasteiger partial charge in [-0.2, -0.15) is 29.9 Å². The summed E-state index contributed by atoms with van der Waals surface area (Å²) in [6.45, 7) is 0. The molecule has 702 valence electrons. The average Bonchev–Trinajstić information content (AvgIpc) is 1.55. The number of aromatic nitrogens is 17. The lowest BCUT2D eigenvalue weighted by Crippen LogP contribution is -2.07. The van der Waals surface area contributed by atoms with Gasteiger partial charge in [0.05, 0.1) is 77.6 Å². The van der Waals surface area contributed by atoms with E-state index in [1.54, 1.807) is 0 Å². The van der Waals surface area contributed by atoms with Crippen LogP contribution in [-0.2, 0) is 0 Å². The van der Waals surface area contributed by atoms with E-state index in [2.05, 4.69) is 371 Å². The number of rotatable bonds is 15. The molecule has 0 spiro atoms. The molecule has 0 amide bonds. The van der Waals surface area contributed by atoms with E-state index in [4.69, 9.17) is 44.9 Å². The Hall–Kier alpha value is -20.7. The van der Waals surface area contributed by atoms with Crippen molar-refractivity contribution in [2.24, 2.45) is 0 Å². The molecule has 150 heavy (non-hydrogen) atoms. The minimum Gasteiger partial charge on any atom is -0.309 e. The van der Waals surface area contributed by atoms with E-state index in [9.17, 15) is 0 Å². The van der Waals surface area contributed by atoms with Crippen molar-refractivity contribution in [3.05, 3.63) is 516 Å². The minimum atomic E-state index is 0.528. The van der Waals surface area contributed by atoms with Crippen molar-refractivity contribution in [1.29, 1.82) is 0 Å². The zero-order valence-corrected chi connectivity index (χ0v) is 80.7. The summed E-state index contributed by atoms with van der Waals surface area (Å²) in [5.41, 5.74) is 28.1. The molecule has 0 atom stereocenters. The molecule has 0 saturated heterocycles. The predicted octanol–water partition coefficient (Wildman–Crippen LogP) is 32.0. The van der Waals surface area contributed by atoms with E-state index < -0.39 is 0 Å². The van der Waals surface area contributed by atoms with Crippen LogP contribution in [0.3, 0.4) is 0 Å². The summed E-state index contributed by atoms with van der Waals surface area (Å²) in [5.74, 6) is 5.39. The zero-order valence-electron chi connectivity index (χ0n) is 80.7. The number of fused-ring (bicyclic) bond motifs is 19. The Kier molecular flexibility index (Phi) is 21.5. The summed E-state index contributed by atoms with van der Waals surface area (Å²) < 4.78 is 13.7. The van der Waals surface area contributed by atoms with Crippen LogP contribution in [0, 0.1) is 0 Å². The Balaban J connectivity index is 0.000000109. The quantitative estimate of drug-likeness (QED) is 0.0956. The van der Waals surface area contributed by atoms with E-state index >= 15 is 0 Å². The lowest BCUT2D eigenvalue weighted by Gasteiger charge is -2.14. The van der Waals surface area contributed by atoms with Crippen molar-refractivity contribution >= 4 is 131 Å². The number of nitrogens with zero attached hydrogens (tertiary/aromatic N) is 17. The number of benzene rings is 19. The molecule has 11 aromatic heterocycles. The molecule has 0 aliphatic carbocycles. The Morgan fingerprint density at radius 3 is 0.713 bits per heavy atom. The maximum Gasteiger partial charge on any atom is 0.238 e. The molecular weight excluding hydrogens is 1840 g/mol. The van der Waals surface area contributed by atoms with Crippen molar-refractivity contribution in [1.82, 2.24) is 82.2 Å². The van der Waals surface area contributed by atoms with Crippen molar-refractivity contribution in [3.8, 4) is 137 Å². The average molecular weight is 1920 g/mol. The summed E-state index contributed by atoms with van der Waals surface area (Å²) >= 11 is 0. The highest BCUT2D eigenvalue weighted by Gasteiger charge is 2.29. The van der Waals surface area contributed by atoms with Gasteiger partial charge in [-0.1, -0.05) is 370 Å². The third-order valence-corrected chi connectivity index (χ3v) is 28.4. The molecule has 30 aromatic rings. The second-order valence-electron chi connectivity index (χ2n) is 37.2. The van der Waals surface area contributed by atoms with Gasteiger partial charge in [-0.25, -0.2) is 15.0 Å². The standard InChI is InChI=1S/C49H31N7.C45H29N5.C39H25N5/c1-2-18-36(19-3-1)55-43-24-6-4-20-37(43)39-26-27-40-38-21-5-7-25-44(38)56(46(40)45(39)55)49-53-47(34-16-12-14-32(30-34)41-22-8-10-28-50-41)52-48(54-49)35-17-13-15-33(31-35)42-23-9-11-29-51-42;1-4-14-30(15-5-1)31-24-26-34(27-25-31)49-39-22-12-10-20-35(39)37-29-42-38(28-41(37)49)36-21-11-13-23-40(36)50(42)45-47-43(32-16-6-2-7-17-32)46-44(48-45)33-18-8-3-9-19-33;1-4-14-26(15-5-1)37-40-38(27-16-6-2-7-17-27)42-39(41-37)44-34-23-13-11-21-30(34)32-24-35-31(25-36(32)44)29-20-10-12-22-33(29)43(35)28-18-8-3-9-19-28/h1-31H;1-29H;1-25H. The Bertz CT molecular complexity index is 10200. The number of hydrogen-bond acceptors (Lipinski definition) is 11. The molecule has 0 aliphatic heterocycles. The van der Waals surface area contributed by atoms with E-state index in [0.717, 1.165) is 166 Å². The van der Waals surface area contributed by atoms with Crippen molar-refractivity contribution in [3.63, 3.8) is 0 Å². The Labute approximate surface area is 860 Å². The van der Waals surface area contributed by atoms with Gasteiger partial charge in [-0.15, -0.1) is 0 Å². The molecular formula is C133H85N17. The summed E-state index contributed by atoms with van der Waals surface area (Å²) in [6, 6.07) is 175. The third kappa shape index (κ3) is 15.3. The molecule has 19 aromatic carbocycles. The van der Waals surface area contributed by atoms with Crippen LogP contribution in [0.15, 0.2) is 516 Å². The first kappa shape index (κ1) is 87.1. The van der Waals surface area contributed by atoms with Crippen LogP contribution in [0.2, 0.25) is 0 Å². The maximum atomic E-state index is 5.35. The van der Waals surface area contributed by atoms with Crippen LogP contribution in [0.4, 0.5) is 0 Å². The number of pyridine rings is 2. The van der Waals surface area contributed by atoms with Gasteiger partial charge in [0.2, 0.25) is 17.8 Å². The van der Waals surface area contributed by atoms with Crippen LogP contribution >= 0.6 is 0 Å². The van der Waals surface area contributed by atoms with Crippen LogP contribution in [0.1, 0.15) is 0 Å². The highest BCUT2D eigenvalue weighted by molar-refractivity contribution is 6.25. The summed E-state index contributed by atoms with van der Waals surface area (Å²) in [7, 11) is 0. The molecule has 17 heteroatoms. The summed E-state index contributed by atoms with van der Waals surface area (Å²) in [6.07, 6.45) is 3.63. The van der Waals surface area contributed by atoms with Gasteiger partial charge in [-0.05, 0) is 145 Å². The molecule has 0 N–H and O–H groups in total. The fourth-order valence-corrected chi connectivity index (χ4v) is 21.6. The SMILES string of the molecule is c1ccc(-c2ccc(-n3c4ccccc4c4cc5c(cc43)c3ccccc3n5-c3nc(-c4ccccc4)nc(-c4ccccc4)n3)cc2)cc1.c1ccc(-c2nc(-c3ccccc3)nc(-n3c4ccccc4c4cc5c(cc43)c3ccccc3n5-c3ccccc3)n2)cc1.c1ccc(-n2c3ccccc3c3ccc4c5ccccc5n(-c5nc(-c6cccc(-c7ccccn7)c6)nc(-c6cccc(-c7ccccn7)c6)n5)c4c32)cc1. The van der Waals surface area contributed by atoms with Crippen LogP contribution in [0.25, 0.3) is 268 Å². The van der Waals surface area contributed by atoms with E-state index in [-0.39, 0.29) is 0 Å². The largest absolute Gasteiger partial charge is 0.309 e. The van der Waals surface area contributed by atoms with E-state index in [1.807, 2.05) is 182 Å². The van der Waals surface area contributed by atoms with E-state index in [1.165, 1.54) is 49.1 Å². The molecule has 0 aliphatic rings. The topological polar surface area (TPSA) is 171 Å².